The van der Waals surface area contributed by atoms with E-state index in [-0.39, 0.29) is 5.91 Å². The lowest BCUT2D eigenvalue weighted by atomic mass is 10.2. The fourth-order valence-electron chi connectivity index (χ4n) is 1.96. The molecular weight excluding hydrogens is 228 g/mol. The molecule has 0 radical (unpaired) electrons. The third-order valence-electron chi connectivity index (χ3n) is 3.02. The molecule has 18 heavy (non-hydrogen) atoms. The summed E-state index contributed by atoms with van der Waals surface area (Å²) in [5.41, 5.74) is 0.982. The summed E-state index contributed by atoms with van der Waals surface area (Å²) in [6, 6.07) is 0.850. The van der Waals surface area contributed by atoms with Crippen molar-refractivity contribution in [1.82, 2.24) is 15.1 Å². The zero-order valence-electron chi connectivity index (χ0n) is 11.1. The third kappa shape index (κ3) is 4.05. The highest BCUT2D eigenvalue weighted by atomic mass is 16.2. The van der Waals surface area contributed by atoms with Crippen molar-refractivity contribution in [3.8, 4) is 0 Å². The van der Waals surface area contributed by atoms with Crippen molar-refractivity contribution in [3.63, 3.8) is 0 Å². The van der Waals surface area contributed by atoms with Crippen LogP contribution in [0.1, 0.15) is 39.5 Å². The van der Waals surface area contributed by atoms with E-state index in [9.17, 15) is 4.79 Å². The van der Waals surface area contributed by atoms with Gasteiger partial charge in [-0.3, -0.25) is 9.48 Å². The van der Waals surface area contributed by atoms with Crippen molar-refractivity contribution in [2.75, 3.05) is 5.32 Å². The molecule has 1 aromatic rings. The first-order valence-corrected chi connectivity index (χ1v) is 6.75. The van der Waals surface area contributed by atoms with Crippen LogP contribution in [0.25, 0.3) is 0 Å². The Balaban J connectivity index is 1.79. The fourth-order valence-corrected chi connectivity index (χ4v) is 1.96. The van der Waals surface area contributed by atoms with Crippen molar-refractivity contribution >= 4 is 11.6 Å². The second-order valence-corrected chi connectivity index (χ2v) is 5.10. The zero-order chi connectivity index (χ0) is 13.0. The first-order valence-electron chi connectivity index (χ1n) is 6.75. The molecule has 1 fully saturated rings. The summed E-state index contributed by atoms with van der Waals surface area (Å²) >= 11 is 0. The van der Waals surface area contributed by atoms with E-state index in [2.05, 4.69) is 29.6 Å². The molecule has 1 heterocycles. The summed E-state index contributed by atoms with van der Waals surface area (Å²) in [7, 11) is 0. The first-order chi connectivity index (χ1) is 8.67. The van der Waals surface area contributed by atoms with Gasteiger partial charge in [-0.1, -0.05) is 13.3 Å². The average molecular weight is 250 g/mol. The molecule has 1 aromatic heterocycles. The highest BCUT2D eigenvalue weighted by molar-refractivity contribution is 5.76. The number of carbonyl (C=O) groups is 1. The Bertz CT molecular complexity index is 397. The summed E-state index contributed by atoms with van der Waals surface area (Å²) in [6.07, 6.45) is 8.19. The highest BCUT2D eigenvalue weighted by Crippen LogP contribution is 2.18. The first kappa shape index (κ1) is 12.9. The average Bonchev–Trinajstić information content (AvgIpc) is 3.00. The van der Waals surface area contributed by atoms with Crippen LogP contribution in [0.15, 0.2) is 12.4 Å². The van der Waals surface area contributed by atoms with E-state index in [1.165, 1.54) is 0 Å². The predicted octanol–water partition coefficient (Wildman–Crippen LogP) is 1.76. The Kier molecular flexibility index (Phi) is 4.23. The number of carbonyl (C=O) groups excluding carboxylic acids is 1. The van der Waals surface area contributed by atoms with Crippen molar-refractivity contribution < 1.29 is 4.79 Å². The van der Waals surface area contributed by atoms with E-state index in [4.69, 9.17) is 0 Å². The van der Waals surface area contributed by atoms with Gasteiger partial charge in [0.25, 0.3) is 0 Å². The second-order valence-electron chi connectivity index (χ2n) is 5.10. The van der Waals surface area contributed by atoms with Crippen LogP contribution in [-0.2, 0) is 11.3 Å². The SMILES string of the molecule is CCCC(C)Nc1cnn(CC(=O)NC2CC2)c1. The molecule has 0 spiro atoms. The molecule has 100 valence electrons. The number of nitrogens with one attached hydrogen (secondary N) is 2. The van der Waals surface area contributed by atoms with Crippen LogP contribution >= 0.6 is 0 Å². The van der Waals surface area contributed by atoms with Gasteiger partial charge in [-0.15, -0.1) is 0 Å². The lowest BCUT2D eigenvalue weighted by Crippen LogP contribution is -2.29. The lowest BCUT2D eigenvalue weighted by molar-refractivity contribution is -0.122. The zero-order valence-corrected chi connectivity index (χ0v) is 11.1. The van der Waals surface area contributed by atoms with E-state index in [1.807, 2.05) is 6.20 Å². The maximum absolute atomic E-state index is 11.6. The van der Waals surface area contributed by atoms with Crippen LogP contribution in [-0.4, -0.2) is 27.8 Å². The smallest absolute Gasteiger partial charge is 0.241 e. The molecule has 1 unspecified atom stereocenters. The molecule has 0 bridgehead atoms. The van der Waals surface area contributed by atoms with Crippen molar-refractivity contribution in [2.45, 2.75) is 58.2 Å². The Morgan fingerprint density at radius 2 is 2.39 bits per heavy atom. The third-order valence-corrected chi connectivity index (χ3v) is 3.02. The van der Waals surface area contributed by atoms with Crippen molar-refractivity contribution in [3.05, 3.63) is 12.4 Å². The summed E-state index contributed by atoms with van der Waals surface area (Å²) < 4.78 is 1.68. The summed E-state index contributed by atoms with van der Waals surface area (Å²) in [6.45, 7) is 4.63. The monoisotopic (exact) mass is 250 g/mol. The van der Waals surface area contributed by atoms with Crippen LogP contribution < -0.4 is 10.6 Å². The topological polar surface area (TPSA) is 59.0 Å². The standard InChI is InChI=1S/C13H22N4O/c1-3-4-10(2)15-12-7-14-17(8-12)9-13(18)16-11-5-6-11/h7-8,10-11,15H,3-6,9H2,1-2H3,(H,16,18). The molecule has 5 heteroatoms. The van der Waals surface area contributed by atoms with Gasteiger partial charge in [0, 0.05) is 18.3 Å². The molecule has 1 saturated carbocycles. The second kappa shape index (κ2) is 5.89. The van der Waals surface area contributed by atoms with Crippen LogP contribution in [0.5, 0.6) is 0 Å². The minimum Gasteiger partial charge on any atom is -0.380 e. The van der Waals surface area contributed by atoms with Gasteiger partial charge in [-0.05, 0) is 26.2 Å². The number of nitrogens with zero attached hydrogens (tertiary/aromatic N) is 2. The van der Waals surface area contributed by atoms with Gasteiger partial charge >= 0.3 is 0 Å². The minimum atomic E-state index is 0.0498. The summed E-state index contributed by atoms with van der Waals surface area (Å²) in [5, 5.41) is 10.5. The number of amides is 1. The Morgan fingerprint density at radius 1 is 1.61 bits per heavy atom. The maximum Gasteiger partial charge on any atom is 0.241 e. The number of anilines is 1. The molecule has 2 rings (SSSR count). The molecule has 0 aliphatic heterocycles. The summed E-state index contributed by atoms with van der Waals surface area (Å²) in [4.78, 5) is 11.6. The number of rotatable bonds is 7. The quantitative estimate of drug-likeness (QED) is 0.775. The molecule has 5 nitrogen and oxygen atoms in total. The van der Waals surface area contributed by atoms with Gasteiger partial charge < -0.3 is 10.6 Å². The Hall–Kier alpha value is -1.52. The predicted molar refractivity (Wildman–Crippen MR) is 71.4 cm³/mol. The molecule has 0 aromatic carbocycles. The molecule has 1 aliphatic rings. The molecular formula is C13H22N4O. The fraction of sp³-hybridized carbons (Fsp3) is 0.692. The Labute approximate surface area is 108 Å². The van der Waals surface area contributed by atoms with Crippen LogP contribution in [0, 0.1) is 0 Å². The van der Waals surface area contributed by atoms with Crippen molar-refractivity contribution in [2.24, 2.45) is 0 Å². The van der Waals surface area contributed by atoms with E-state index in [0.29, 0.717) is 18.6 Å². The van der Waals surface area contributed by atoms with E-state index >= 15 is 0 Å². The molecule has 1 atom stereocenters. The lowest BCUT2D eigenvalue weighted by Gasteiger charge is -2.11. The molecule has 1 aliphatic carbocycles. The van der Waals surface area contributed by atoms with Gasteiger partial charge in [-0.25, -0.2) is 0 Å². The largest absolute Gasteiger partial charge is 0.380 e. The van der Waals surface area contributed by atoms with Gasteiger partial charge in [0.1, 0.15) is 6.54 Å². The van der Waals surface area contributed by atoms with Crippen LogP contribution in [0.4, 0.5) is 5.69 Å². The summed E-state index contributed by atoms with van der Waals surface area (Å²) in [5.74, 6) is 0.0498. The number of hydrogen-bond acceptors (Lipinski definition) is 3. The molecule has 1 amide bonds. The normalized spacial score (nSPS) is 16.3. The number of hydrogen-bond donors (Lipinski definition) is 2. The minimum absolute atomic E-state index is 0.0498. The number of aromatic nitrogens is 2. The van der Waals surface area contributed by atoms with Gasteiger partial charge in [0.2, 0.25) is 5.91 Å². The van der Waals surface area contributed by atoms with Crippen molar-refractivity contribution in [1.29, 1.82) is 0 Å². The molecule has 2 N–H and O–H groups in total. The van der Waals surface area contributed by atoms with Gasteiger partial charge in [0.15, 0.2) is 0 Å². The van der Waals surface area contributed by atoms with E-state index < -0.39 is 0 Å². The van der Waals surface area contributed by atoms with Gasteiger partial charge in [-0.2, -0.15) is 5.10 Å². The highest BCUT2D eigenvalue weighted by Gasteiger charge is 2.23. The molecule has 0 saturated heterocycles. The Morgan fingerprint density at radius 3 is 3.06 bits per heavy atom. The van der Waals surface area contributed by atoms with Gasteiger partial charge in [0.05, 0.1) is 11.9 Å². The van der Waals surface area contributed by atoms with Crippen LogP contribution in [0.3, 0.4) is 0 Å². The maximum atomic E-state index is 11.6. The van der Waals surface area contributed by atoms with Crippen LogP contribution in [0.2, 0.25) is 0 Å². The van der Waals surface area contributed by atoms with E-state index in [1.54, 1.807) is 10.9 Å². The van der Waals surface area contributed by atoms with E-state index in [0.717, 1.165) is 31.4 Å².